The van der Waals surface area contributed by atoms with Gasteiger partial charge in [-0.2, -0.15) is 4.98 Å². The van der Waals surface area contributed by atoms with E-state index in [0.717, 1.165) is 0 Å². The molecule has 6 heteroatoms. The molecule has 0 aliphatic carbocycles. The van der Waals surface area contributed by atoms with Gasteiger partial charge in [0, 0.05) is 19.7 Å². The van der Waals surface area contributed by atoms with Crippen LogP contribution < -0.4 is 10.6 Å². The van der Waals surface area contributed by atoms with Gasteiger partial charge in [0.2, 0.25) is 5.95 Å². The zero-order valence-corrected chi connectivity index (χ0v) is 8.86. The quantitative estimate of drug-likeness (QED) is 0.721. The molecule has 1 aromatic rings. The molecule has 0 bridgehead atoms. The number of nitrogen functional groups attached to an aromatic ring is 1. The number of aliphatic hydroxyl groups excluding tert-OH is 1. The van der Waals surface area contributed by atoms with Crippen LogP contribution in [0.15, 0.2) is 6.07 Å². The highest BCUT2D eigenvalue weighted by atomic mass is 35.5. The predicted molar refractivity (Wildman–Crippen MR) is 56.4 cm³/mol. The highest BCUT2D eigenvalue weighted by Crippen LogP contribution is 2.15. The van der Waals surface area contributed by atoms with E-state index in [0.29, 0.717) is 17.5 Å². The van der Waals surface area contributed by atoms with Crippen LogP contribution in [0.1, 0.15) is 6.92 Å². The van der Waals surface area contributed by atoms with E-state index in [-0.39, 0.29) is 5.95 Å². The third kappa shape index (κ3) is 3.01. The molecule has 0 fully saturated rings. The number of aliphatic hydroxyl groups is 1. The molecule has 0 amide bonds. The molecule has 3 N–H and O–H groups in total. The van der Waals surface area contributed by atoms with Gasteiger partial charge in [-0.1, -0.05) is 11.6 Å². The maximum absolute atomic E-state index is 9.17. The van der Waals surface area contributed by atoms with Gasteiger partial charge in [-0.25, -0.2) is 4.98 Å². The van der Waals surface area contributed by atoms with Crippen molar-refractivity contribution >= 4 is 23.4 Å². The summed E-state index contributed by atoms with van der Waals surface area (Å²) in [5, 5.41) is 9.47. The van der Waals surface area contributed by atoms with Crippen molar-refractivity contribution in [3.63, 3.8) is 0 Å². The van der Waals surface area contributed by atoms with Crippen LogP contribution in [0, 0.1) is 0 Å². The zero-order chi connectivity index (χ0) is 10.7. The average Bonchev–Trinajstić information content (AvgIpc) is 2.00. The molecule has 1 heterocycles. The van der Waals surface area contributed by atoms with Crippen molar-refractivity contribution in [2.24, 2.45) is 0 Å². The third-order valence-corrected chi connectivity index (χ3v) is 1.82. The first-order valence-corrected chi connectivity index (χ1v) is 4.56. The fraction of sp³-hybridized carbons (Fsp3) is 0.500. The minimum absolute atomic E-state index is 0.130. The molecule has 78 valence electrons. The van der Waals surface area contributed by atoms with Crippen LogP contribution in [0.5, 0.6) is 0 Å². The molecule has 0 saturated heterocycles. The van der Waals surface area contributed by atoms with E-state index < -0.39 is 6.10 Å². The van der Waals surface area contributed by atoms with Crippen LogP contribution in [0.4, 0.5) is 11.8 Å². The van der Waals surface area contributed by atoms with Crippen molar-refractivity contribution in [1.82, 2.24) is 9.97 Å². The highest BCUT2D eigenvalue weighted by Gasteiger charge is 2.07. The lowest BCUT2D eigenvalue weighted by molar-refractivity contribution is 0.201. The van der Waals surface area contributed by atoms with E-state index in [9.17, 15) is 5.11 Å². The lowest BCUT2D eigenvalue weighted by Gasteiger charge is -2.19. The Balaban J connectivity index is 2.84. The summed E-state index contributed by atoms with van der Waals surface area (Å²) in [6, 6.07) is 1.60. The number of halogens is 1. The Morgan fingerprint density at radius 3 is 2.79 bits per heavy atom. The van der Waals surface area contributed by atoms with E-state index in [1.807, 2.05) is 0 Å². The van der Waals surface area contributed by atoms with Gasteiger partial charge in [-0.3, -0.25) is 0 Å². The van der Waals surface area contributed by atoms with Crippen molar-refractivity contribution in [2.75, 3.05) is 24.2 Å². The molecule has 0 aromatic carbocycles. The van der Waals surface area contributed by atoms with Crippen LogP contribution in [-0.4, -0.2) is 34.8 Å². The van der Waals surface area contributed by atoms with Crippen molar-refractivity contribution < 1.29 is 5.11 Å². The minimum atomic E-state index is -0.435. The molecule has 0 aliphatic heterocycles. The number of nitrogens with two attached hydrogens (primary N) is 1. The Morgan fingerprint density at radius 2 is 2.29 bits per heavy atom. The van der Waals surface area contributed by atoms with Crippen LogP contribution in [0.3, 0.4) is 0 Å². The van der Waals surface area contributed by atoms with Crippen molar-refractivity contribution in [3.8, 4) is 0 Å². The number of likely N-dealkylation sites (N-methyl/N-ethyl adjacent to an activating group) is 1. The summed E-state index contributed by atoms with van der Waals surface area (Å²) < 4.78 is 0. The summed E-state index contributed by atoms with van der Waals surface area (Å²) in [5.41, 5.74) is 5.43. The SMILES string of the molecule is C[C@H](O)CN(C)c1cc(Cl)nc(N)n1. The molecule has 0 saturated carbocycles. The fourth-order valence-corrected chi connectivity index (χ4v) is 1.29. The lowest BCUT2D eigenvalue weighted by atomic mass is 10.4. The van der Waals surface area contributed by atoms with Gasteiger partial charge in [-0.05, 0) is 6.92 Å². The zero-order valence-electron chi connectivity index (χ0n) is 8.11. The average molecular weight is 217 g/mol. The third-order valence-electron chi connectivity index (χ3n) is 1.63. The Labute approximate surface area is 87.5 Å². The predicted octanol–water partition coefficient (Wildman–Crippen LogP) is 0.529. The normalized spacial score (nSPS) is 12.6. The summed E-state index contributed by atoms with van der Waals surface area (Å²) in [7, 11) is 1.80. The number of aromatic nitrogens is 2. The second kappa shape index (κ2) is 4.43. The Kier molecular flexibility index (Phi) is 3.49. The molecule has 0 radical (unpaired) electrons. The minimum Gasteiger partial charge on any atom is -0.392 e. The van der Waals surface area contributed by atoms with Gasteiger partial charge in [0.1, 0.15) is 11.0 Å². The van der Waals surface area contributed by atoms with Crippen molar-refractivity contribution in [2.45, 2.75) is 13.0 Å². The number of anilines is 2. The molecule has 0 aliphatic rings. The Bertz CT molecular complexity index is 298. The van der Waals surface area contributed by atoms with Gasteiger partial charge in [0.15, 0.2) is 0 Å². The second-order valence-electron chi connectivity index (χ2n) is 3.14. The molecular formula is C8H13ClN4O. The molecule has 0 unspecified atom stereocenters. The summed E-state index contributed by atoms with van der Waals surface area (Å²) in [4.78, 5) is 9.48. The first-order valence-electron chi connectivity index (χ1n) is 4.18. The van der Waals surface area contributed by atoms with E-state index in [2.05, 4.69) is 9.97 Å². The van der Waals surface area contributed by atoms with Crippen molar-refractivity contribution in [1.29, 1.82) is 0 Å². The first kappa shape index (κ1) is 11.0. The maximum atomic E-state index is 9.17. The summed E-state index contributed by atoms with van der Waals surface area (Å²) in [5.74, 6) is 0.730. The lowest BCUT2D eigenvalue weighted by Crippen LogP contribution is -2.27. The summed E-state index contributed by atoms with van der Waals surface area (Å²) in [6.45, 7) is 2.16. The Morgan fingerprint density at radius 1 is 1.64 bits per heavy atom. The molecule has 1 aromatic heterocycles. The van der Waals surface area contributed by atoms with Crippen LogP contribution >= 0.6 is 11.6 Å². The largest absolute Gasteiger partial charge is 0.392 e. The van der Waals surface area contributed by atoms with Crippen LogP contribution in [0.25, 0.3) is 0 Å². The molecule has 5 nitrogen and oxygen atoms in total. The van der Waals surface area contributed by atoms with Gasteiger partial charge < -0.3 is 15.7 Å². The second-order valence-corrected chi connectivity index (χ2v) is 3.52. The number of nitrogens with zero attached hydrogens (tertiary/aromatic N) is 3. The van der Waals surface area contributed by atoms with E-state index in [1.165, 1.54) is 0 Å². The number of rotatable bonds is 3. The van der Waals surface area contributed by atoms with Crippen LogP contribution in [0.2, 0.25) is 5.15 Å². The summed E-state index contributed by atoms with van der Waals surface area (Å²) >= 11 is 5.71. The van der Waals surface area contributed by atoms with Crippen molar-refractivity contribution in [3.05, 3.63) is 11.2 Å². The molecular weight excluding hydrogens is 204 g/mol. The highest BCUT2D eigenvalue weighted by molar-refractivity contribution is 6.29. The standard InChI is InChI=1S/C8H13ClN4O/c1-5(14)4-13(2)7-3-6(9)11-8(10)12-7/h3,5,14H,4H2,1-2H3,(H2,10,11,12)/t5-/m0/s1. The van der Waals surface area contributed by atoms with E-state index in [4.69, 9.17) is 17.3 Å². The number of hydrogen-bond acceptors (Lipinski definition) is 5. The van der Waals surface area contributed by atoms with Crippen LogP contribution in [-0.2, 0) is 0 Å². The monoisotopic (exact) mass is 216 g/mol. The van der Waals surface area contributed by atoms with Gasteiger partial charge in [0.25, 0.3) is 0 Å². The van der Waals surface area contributed by atoms with Gasteiger partial charge in [-0.15, -0.1) is 0 Å². The summed E-state index contributed by atoms with van der Waals surface area (Å²) in [6.07, 6.45) is -0.435. The molecule has 0 spiro atoms. The van der Waals surface area contributed by atoms with E-state index in [1.54, 1.807) is 24.9 Å². The Hall–Kier alpha value is -1.07. The maximum Gasteiger partial charge on any atom is 0.223 e. The smallest absolute Gasteiger partial charge is 0.223 e. The number of hydrogen-bond donors (Lipinski definition) is 2. The van der Waals surface area contributed by atoms with Gasteiger partial charge >= 0.3 is 0 Å². The molecule has 14 heavy (non-hydrogen) atoms. The molecule has 1 atom stereocenters. The fourth-order valence-electron chi connectivity index (χ4n) is 1.11. The van der Waals surface area contributed by atoms with Gasteiger partial charge in [0.05, 0.1) is 6.10 Å². The molecule has 1 rings (SSSR count). The first-order chi connectivity index (χ1) is 6.49. The topological polar surface area (TPSA) is 75.3 Å². The van der Waals surface area contributed by atoms with E-state index >= 15 is 0 Å².